The molecule has 0 aromatic carbocycles. The molecule has 0 spiro atoms. The number of ether oxygens (including phenoxy) is 1. The van der Waals surface area contributed by atoms with Gasteiger partial charge in [0.25, 0.3) is 0 Å². The van der Waals surface area contributed by atoms with E-state index < -0.39 is 12.0 Å². The molecular weight excluding hydrogens is 378 g/mol. The van der Waals surface area contributed by atoms with Crippen LogP contribution in [0.25, 0.3) is 0 Å². The molecule has 0 radical (unpaired) electrons. The molecule has 0 aliphatic carbocycles. The Hall–Kier alpha value is -1.10. The van der Waals surface area contributed by atoms with Crippen LogP contribution in [-0.2, 0) is 14.3 Å². The van der Waals surface area contributed by atoms with Gasteiger partial charge in [0, 0.05) is 6.42 Å². The maximum absolute atomic E-state index is 11.7. The summed E-state index contributed by atoms with van der Waals surface area (Å²) in [7, 11) is 0. The molecule has 0 aliphatic heterocycles. The smallest absolute Gasteiger partial charge is 0.320 e. The van der Waals surface area contributed by atoms with Crippen LogP contribution in [0.4, 0.5) is 0 Å². The second kappa shape index (κ2) is 22.6. The maximum atomic E-state index is 11.7. The highest BCUT2D eigenvalue weighted by atomic mass is 16.5. The average Bonchev–Trinajstić information content (AvgIpc) is 2.73. The molecule has 1 atom stereocenters. The number of esters is 1. The van der Waals surface area contributed by atoms with Crippen LogP contribution in [0.3, 0.4) is 0 Å². The molecule has 0 amide bonds. The highest BCUT2D eigenvalue weighted by Crippen LogP contribution is 2.09. The maximum Gasteiger partial charge on any atom is 0.320 e. The molecule has 0 heterocycles. The summed E-state index contributed by atoms with van der Waals surface area (Å²) in [5.41, 5.74) is 0. The molecule has 178 valence electrons. The van der Waals surface area contributed by atoms with E-state index in [1.165, 1.54) is 44.9 Å². The number of hydrogen-bond acceptors (Lipinski definition) is 4. The Balaban J connectivity index is 3.44. The quantitative estimate of drug-likeness (QED) is 0.141. The lowest BCUT2D eigenvalue weighted by Gasteiger charge is -2.14. The van der Waals surface area contributed by atoms with Crippen molar-refractivity contribution in [2.75, 3.05) is 13.2 Å². The van der Waals surface area contributed by atoms with E-state index in [4.69, 9.17) is 4.74 Å². The molecule has 0 aromatic rings. The first kappa shape index (κ1) is 28.9. The summed E-state index contributed by atoms with van der Waals surface area (Å²) in [6.07, 6.45) is 19.4. The van der Waals surface area contributed by atoms with Gasteiger partial charge < -0.3 is 15.2 Å². The van der Waals surface area contributed by atoms with Gasteiger partial charge in [-0.1, -0.05) is 97.3 Å². The van der Waals surface area contributed by atoms with Crippen LogP contribution in [0.1, 0.15) is 129 Å². The van der Waals surface area contributed by atoms with E-state index in [-0.39, 0.29) is 5.97 Å². The summed E-state index contributed by atoms with van der Waals surface area (Å²) in [6.45, 7) is 5.71. The molecule has 0 fully saturated rings. The predicted octanol–water partition coefficient (Wildman–Crippen LogP) is 6.63. The van der Waals surface area contributed by atoms with Crippen LogP contribution in [0.2, 0.25) is 0 Å². The van der Waals surface area contributed by atoms with Crippen molar-refractivity contribution >= 4 is 11.9 Å². The summed E-state index contributed by atoms with van der Waals surface area (Å²) in [5, 5.41) is 12.5. The van der Waals surface area contributed by atoms with Gasteiger partial charge in [0.1, 0.15) is 6.04 Å². The van der Waals surface area contributed by atoms with Crippen molar-refractivity contribution in [3.63, 3.8) is 0 Å². The third-order valence-corrected chi connectivity index (χ3v) is 5.60. The summed E-state index contributed by atoms with van der Waals surface area (Å²) < 4.78 is 5.31. The van der Waals surface area contributed by atoms with Crippen molar-refractivity contribution < 1.29 is 19.4 Å². The Kier molecular flexibility index (Phi) is 21.8. The normalized spacial score (nSPS) is 12.1. The number of hydrogen-bond donors (Lipinski definition) is 2. The average molecular weight is 428 g/mol. The van der Waals surface area contributed by atoms with E-state index in [0.717, 1.165) is 70.8 Å². The number of aliphatic carboxylic acids is 1. The fourth-order valence-corrected chi connectivity index (χ4v) is 3.61. The zero-order valence-electron chi connectivity index (χ0n) is 19.9. The fourth-order valence-electron chi connectivity index (χ4n) is 3.61. The van der Waals surface area contributed by atoms with E-state index in [0.29, 0.717) is 13.0 Å². The van der Waals surface area contributed by atoms with E-state index in [1.807, 2.05) is 0 Å². The van der Waals surface area contributed by atoms with Crippen LogP contribution >= 0.6 is 0 Å². The Labute approximate surface area is 185 Å². The number of carboxylic acids is 1. The van der Waals surface area contributed by atoms with E-state index >= 15 is 0 Å². The molecule has 0 bridgehead atoms. The molecule has 0 saturated carbocycles. The molecule has 0 aliphatic rings. The van der Waals surface area contributed by atoms with Crippen molar-refractivity contribution in [3.8, 4) is 0 Å². The highest BCUT2D eigenvalue weighted by Gasteiger charge is 2.15. The van der Waals surface area contributed by atoms with Crippen molar-refractivity contribution in [3.05, 3.63) is 0 Å². The van der Waals surface area contributed by atoms with E-state index in [9.17, 15) is 14.7 Å². The Bertz CT molecular complexity index is 401. The van der Waals surface area contributed by atoms with Gasteiger partial charge in [0.05, 0.1) is 6.61 Å². The third-order valence-electron chi connectivity index (χ3n) is 5.60. The molecular formula is C25H49NO4. The topological polar surface area (TPSA) is 75.6 Å². The lowest BCUT2D eigenvalue weighted by atomic mass is 10.1. The lowest BCUT2D eigenvalue weighted by molar-refractivity contribution is -0.144. The second-order valence-corrected chi connectivity index (χ2v) is 8.55. The molecule has 2 N–H and O–H groups in total. The molecule has 0 rings (SSSR count). The molecule has 5 heteroatoms. The van der Waals surface area contributed by atoms with Crippen LogP contribution in [-0.4, -0.2) is 36.2 Å². The number of carboxylic acid groups (broad SMARTS) is 1. The highest BCUT2D eigenvalue weighted by molar-refractivity contribution is 5.73. The van der Waals surface area contributed by atoms with Gasteiger partial charge in [-0.25, -0.2) is 0 Å². The number of carbonyl (C=O) groups excluding carboxylic acids is 1. The van der Waals surface area contributed by atoms with Gasteiger partial charge in [0.15, 0.2) is 0 Å². The first-order valence-corrected chi connectivity index (χ1v) is 12.7. The van der Waals surface area contributed by atoms with Crippen molar-refractivity contribution in [1.82, 2.24) is 5.32 Å². The number of carbonyl (C=O) groups is 2. The summed E-state index contributed by atoms with van der Waals surface area (Å²) >= 11 is 0. The lowest BCUT2D eigenvalue weighted by Crippen LogP contribution is -2.37. The second-order valence-electron chi connectivity index (χ2n) is 8.55. The Morgan fingerprint density at radius 2 is 1.27 bits per heavy atom. The minimum absolute atomic E-state index is 0.0602. The fraction of sp³-hybridized carbons (Fsp3) is 0.920. The van der Waals surface area contributed by atoms with Crippen molar-refractivity contribution in [2.24, 2.45) is 0 Å². The van der Waals surface area contributed by atoms with Gasteiger partial charge in [-0.15, -0.1) is 0 Å². The minimum atomic E-state index is -0.735. The van der Waals surface area contributed by atoms with Gasteiger partial charge in [-0.05, 0) is 32.2 Å². The number of unbranched alkanes of at least 4 members (excludes halogenated alkanes) is 13. The van der Waals surface area contributed by atoms with Crippen molar-refractivity contribution in [1.29, 1.82) is 0 Å². The minimum Gasteiger partial charge on any atom is -0.480 e. The summed E-state index contributed by atoms with van der Waals surface area (Å²) in [5.74, 6) is -0.795. The van der Waals surface area contributed by atoms with Crippen LogP contribution in [0.5, 0.6) is 0 Å². The van der Waals surface area contributed by atoms with Crippen LogP contribution < -0.4 is 5.32 Å². The summed E-state index contributed by atoms with van der Waals surface area (Å²) in [6, 6.07) is -0.409. The zero-order valence-corrected chi connectivity index (χ0v) is 19.9. The molecule has 1 unspecified atom stereocenters. The SMILES string of the molecule is CCCCCCCCCOC(=O)CCCCCCCNC(CCCCCC)C(=O)O. The largest absolute Gasteiger partial charge is 0.480 e. The first-order valence-electron chi connectivity index (χ1n) is 12.7. The van der Waals surface area contributed by atoms with Crippen LogP contribution in [0, 0.1) is 0 Å². The number of nitrogens with one attached hydrogen (secondary N) is 1. The van der Waals surface area contributed by atoms with Gasteiger partial charge in [-0.3, -0.25) is 9.59 Å². The standard InChI is InChI=1S/C25H49NO4/c1-3-5-7-9-10-14-18-22-30-24(27)20-16-12-11-13-17-21-26-23(25(28)29)19-15-8-6-4-2/h23,26H,3-22H2,1-2H3,(H,28,29). The summed E-state index contributed by atoms with van der Waals surface area (Å²) in [4.78, 5) is 23.0. The third kappa shape index (κ3) is 20.2. The predicted molar refractivity (Wildman–Crippen MR) is 125 cm³/mol. The Morgan fingerprint density at radius 1 is 0.733 bits per heavy atom. The van der Waals surface area contributed by atoms with E-state index in [1.54, 1.807) is 0 Å². The molecule has 5 nitrogen and oxygen atoms in total. The molecule has 30 heavy (non-hydrogen) atoms. The van der Waals surface area contributed by atoms with Gasteiger partial charge in [-0.2, -0.15) is 0 Å². The molecule has 0 saturated heterocycles. The first-order chi connectivity index (χ1) is 14.6. The van der Waals surface area contributed by atoms with Gasteiger partial charge in [0.2, 0.25) is 0 Å². The Morgan fingerprint density at radius 3 is 1.90 bits per heavy atom. The van der Waals surface area contributed by atoms with Crippen LogP contribution in [0.15, 0.2) is 0 Å². The zero-order chi connectivity index (χ0) is 22.3. The van der Waals surface area contributed by atoms with E-state index in [2.05, 4.69) is 19.2 Å². The number of rotatable bonds is 23. The monoisotopic (exact) mass is 427 g/mol. The molecule has 0 aromatic heterocycles. The van der Waals surface area contributed by atoms with Gasteiger partial charge >= 0.3 is 11.9 Å². The van der Waals surface area contributed by atoms with Crippen molar-refractivity contribution in [2.45, 2.75) is 135 Å².